The minimum atomic E-state index is -0.686. The van der Waals surface area contributed by atoms with Crippen molar-refractivity contribution in [2.24, 2.45) is 7.05 Å². The Balaban J connectivity index is 2.02. The highest BCUT2D eigenvalue weighted by atomic mass is 16.5. The van der Waals surface area contributed by atoms with E-state index in [1.165, 1.54) is 0 Å². The van der Waals surface area contributed by atoms with Gasteiger partial charge in [0.05, 0.1) is 26.0 Å². The number of aromatic nitrogens is 2. The molecule has 6 heteroatoms. The van der Waals surface area contributed by atoms with Crippen LogP contribution in [0.4, 0.5) is 0 Å². The van der Waals surface area contributed by atoms with Gasteiger partial charge in [-0.25, -0.2) is 0 Å². The SMILES string of the molecule is COc1ccc(OC)c([C@@H](O)CNCc2cn(C)nc2C(C)C)c1. The fraction of sp³-hybridized carbons (Fsp3) is 0.500. The highest BCUT2D eigenvalue weighted by Crippen LogP contribution is 2.29. The lowest BCUT2D eigenvalue weighted by Crippen LogP contribution is -2.22. The summed E-state index contributed by atoms with van der Waals surface area (Å²) in [6.07, 6.45) is 1.33. The van der Waals surface area contributed by atoms with Crippen LogP contribution in [0.5, 0.6) is 11.5 Å². The van der Waals surface area contributed by atoms with E-state index in [1.807, 2.05) is 24.0 Å². The fourth-order valence-electron chi connectivity index (χ4n) is 2.73. The maximum atomic E-state index is 10.5. The highest BCUT2D eigenvalue weighted by Gasteiger charge is 2.16. The van der Waals surface area contributed by atoms with Crippen LogP contribution in [-0.2, 0) is 13.6 Å². The summed E-state index contributed by atoms with van der Waals surface area (Å²) in [6.45, 7) is 5.32. The normalized spacial score (nSPS) is 12.5. The molecule has 0 aliphatic rings. The number of aryl methyl sites for hydroxylation is 1. The summed E-state index contributed by atoms with van der Waals surface area (Å²) in [6, 6.07) is 5.41. The Morgan fingerprint density at radius 1 is 1.25 bits per heavy atom. The molecule has 1 heterocycles. The molecular weight excluding hydrogens is 306 g/mol. The van der Waals surface area contributed by atoms with Gasteiger partial charge in [-0.1, -0.05) is 13.8 Å². The largest absolute Gasteiger partial charge is 0.497 e. The third-order valence-corrected chi connectivity index (χ3v) is 3.93. The number of rotatable bonds is 8. The van der Waals surface area contributed by atoms with Gasteiger partial charge in [-0.3, -0.25) is 4.68 Å². The van der Waals surface area contributed by atoms with Crippen molar-refractivity contribution in [3.63, 3.8) is 0 Å². The zero-order chi connectivity index (χ0) is 17.7. The van der Waals surface area contributed by atoms with Crippen LogP contribution >= 0.6 is 0 Å². The molecular formula is C18H27N3O3. The highest BCUT2D eigenvalue weighted by molar-refractivity contribution is 5.41. The van der Waals surface area contributed by atoms with Gasteiger partial charge in [0.1, 0.15) is 11.5 Å². The van der Waals surface area contributed by atoms with Gasteiger partial charge in [-0.05, 0) is 24.1 Å². The van der Waals surface area contributed by atoms with E-state index in [1.54, 1.807) is 26.4 Å². The van der Waals surface area contributed by atoms with E-state index < -0.39 is 6.10 Å². The van der Waals surface area contributed by atoms with Crippen molar-refractivity contribution >= 4 is 0 Å². The zero-order valence-electron chi connectivity index (χ0n) is 15.0. The average Bonchev–Trinajstić information content (AvgIpc) is 2.95. The monoisotopic (exact) mass is 333 g/mol. The topological polar surface area (TPSA) is 68.5 Å². The Kier molecular flexibility index (Phi) is 6.23. The minimum Gasteiger partial charge on any atom is -0.497 e. The predicted molar refractivity (Wildman–Crippen MR) is 93.5 cm³/mol. The number of methoxy groups -OCH3 is 2. The molecule has 0 aliphatic heterocycles. The van der Waals surface area contributed by atoms with Gasteiger partial charge in [0.2, 0.25) is 0 Å². The molecule has 2 aromatic rings. The van der Waals surface area contributed by atoms with Crippen LogP contribution < -0.4 is 14.8 Å². The van der Waals surface area contributed by atoms with E-state index >= 15 is 0 Å². The third kappa shape index (κ3) is 4.27. The van der Waals surface area contributed by atoms with Crippen LogP contribution in [0.2, 0.25) is 0 Å². The molecule has 0 aliphatic carbocycles. The third-order valence-electron chi connectivity index (χ3n) is 3.93. The lowest BCUT2D eigenvalue weighted by Gasteiger charge is -2.16. The molecule has 0 fully saturated rings. The molecule has 132 valence electrons. The summed E-state index contributed by atoms with van der Waals surface area (Å²) in [5.74, 6) is 1.71. The lowest BCUT2D eigenvalue weighted by molar-refractivity contribution is 0.169. The summed E-state index contributed by atoms with van der Waals surface area (Å²) in [4.78, 5) is 0. The average molecular weight is 333 g/mol. The quantitative estimate of drug-likeness (QED) is 0.776. The van der Waals surface area contributed by atoms with Crippen molar-refractivity contribution in [3.8, 4) is 11.5 Å². The van der Waals surface area contributed by atoms with Crippen LogP contribution in [-0.4, -0.2) is 35.7 Å². The Morgan fingerprint density at radius 2 is 2.00 bits per heavy atom. The smallest absolute Gasteiger partial charge is 0.124 e. The second-order valence-corrected chi connectivity index (χ2v) is 6.12. The van der Waals surface area contributed by atoms with Crippen molar-refractivity contribution in [1.82, 2.24) is 15.1 Å². The molecule has 24 heavy (non-hydrogen) atoms. The number of aliphatic hydroxyl groups is 1. The van der Waals surface area contributed by atoms with Crippen LogP contribution in [0.25, 0.3) is 0 Å². The first kappa shape index (κ1) is 18.3. The molecule has 0 spiro atoms. The summed E-state index contributed by atoms with van der Waals surface area (Å²) >= 11 is 0. The number of benzene rings is 1. The van der Waals surface area contributed by atoms with Crippen LogP contribution in [0.1, 0.15) is 42.7 Å². The van der Waals surface area contributed by atoms with Gasteiger partial charge in [-0.2, -0.15) is 5.10 Å². The second-order valence-electron chi connectivity index (χ2n) is 6.12. The first-order chi connectivity index (χ1) is 11.5. The number of aliphatic hydroxyl groups excluding tert-OH is 1. The first-order valence-corrected chi connectivity index (χ1v) is 8.09. The van der Waals surface area contributed by atoms with Gasteiger partial charge >= 0.3 is 0 Å². The Labute approximate surface area is 143 Å². The summed E-state index contributed by atoms with van der Waals surface area (Å²) in [5, 5.41) is 18.3. The van der Waals surface area contributed by atoms with E-state index in [4.69, 9.17) is 9.47 Å². The zero-order valence-corrected chi connectivity index (χ0v) is 15.0. The molecule has 6 nitrogen and oxygen atoms in total. The molecule has 1 atom stereocenters. The maximum Gasteiger partial charge on any atom is 0.124 e. The second kappa shape index (κ2) is 8.17. The standard InChI is InChI=1S/C18H27N3O3/c1-12(2)18-13(11-21(3)20-18)9-19-10-16(22)15-8-14(23-4)6-7-17(15)24-5/h6-8,11-12,16,19,22H,9-10H2,1-5H3/t16-/m0/s1. The molecule has 0 bridgehead atoms. The minimum absolute atomic E-state index is 0.367. The van der Waals surface area contributed by atoms with Crippen molar-refractivity contribution in [1.29, 1.82) is 0 Å². The Hall–Kier alpha value is -2.05. The van der Waals surface area contributed by atoms with E-state index in [0.717, 1.165) is 11.3 Å². The Morgan fingerprint density at radius 3 is 2.62 bits per heavy atom. The summed E-state index contributed by atoms with van der Waals surface area (Å²) in [5.41, 5.74) is 2.94. The molecule has 0 amide bonds. The fourth-order valence-corrected chi connectivity index (χ4v) is 2.73. The number of ether oxygens (including phenoxy) is 2. The van der Waals surface area contributed by atoms with Crippen LogP contribution in [0.3, 0.4) is 0 Å². The summed E-state index contributed by atoms with van der Waals surface area (Å²) < 4.78 is 12.4. The van der Waals surface area contributed by atoms with E-state index in [-0.39, 0.29) is 0 Å². The summed E-state index contributed by atoms with van der Waals surface area (Å²) in [7, 11) is 5.12. The molecule has 1 aromatic heterocycles. The molecule has 0 unspecified atom stereocenters. The number of nitrogens with one attached hydrogen (secondary N) is 1. The van der Waals surface area contributed by atoms with Crippen molar-refractivity contribution < 1.29 is 14.6 Å². The van der Waals surface area contributed by atoms with Gasteiger partial charge in [0.15, 0.2) is 0 Å². The molecule has 2 N–H and O–H groups in total. The van der Waals surface area contributed by atoms with E-state index in [2.05, 4.69) is 24.3 Å². The van der Waals surface area contributed by atoms with Crippen LogP contribution in [0.15, 0.2) is 24.4 Å². The van der Waals surface area contributed by atoms with E-state index in [0.29, 0.717) is 36.1 Å². The Bertz CT molecular complexity index is 668. The van der Waals surface area contributed by atoms with E-state index in [9.17, 15) is 5.11 Å². The van der Waals surface area contributed by atoms with Gasteiger partial charge in [-0.15, -0.1) is 0 Å². The number of nitrogens with zero attached hydrogens (tertiary/aromatic N) is 2. The number of hydrogen-bond acceptors (Lipinski definition) is 5. The van der Waals surface area contributed by atoms with Crippen LogP contribution in [0, 0.1) is 0 Å². The van der Waals surface area contributed by atoms with Gasteiger partial charge in [0, 0.05) is 37.5 Å². The predicted octanol–water partition coefficient (Wildman–Crippen LogP) is 2.38. The molecule has 1 aromatic carbocycles. The van der Waals surface area contributed by atoms with Crippen molar-refractivity contribution in [2.75, 3.05) is 20.8 Å². The van der Waals surface area contributed by atoms with Gasteiger partial charge < -0.3 is 19.9 Å². The molecule has 0 saturated heterocycles. The molecule has 0 saturated carbocycles. The lowest BCUT2D eigenvalue weighted by atomic mass is 10.1. The first-order valence-electron chi connectivity index (χ1n) is 8.09. The maximum absolute atomic E-state index is 10.5. The van der Waals surface area contributed by atoms with Gasteiger partial charge in [0.25, 0.3) is 0 Å². The number of hydrogen-bond donors (Lipinski definition) is 2. The van der Waals surface area contributed by atoms with Crippen molar-refractivity contribution in [3.05, 3.63) is 41.2 Å². The van der Waals surface area contributed by atoms with Crippen molar-refractivity contribution in [2.45, 2.75) is 32.4 Å². The molecule has 0 radical (unpaired) electrons. The molecule has 2 rings (SSSR count).